The highest BCUT2D eigenvalue weighted by atomic mass is 16.3. The van der Waals surface area contributed by atoms with Crippen LogP contribution in [-0.2, 0) is 6.42 Å². The van der Waals surface area contributed by atoms with Crippen molar-refractivity contribution in [1.29, 1.82) is 0 Å². The van der Waals surface area contributed by atoms with Crippen molar-refractivity contribution in [3.8, 4) is 5.75 Å². The molecule has 6 heteroatoms. The quantitative estimate of drug-likeness (QED) is 0.497. The molecule has 0 radical (unpaired) electrons. The number of aromatic hydroxyl groups is 1. The standard InChI is InChI=1S/C22H20N4O2/c1-12-4-3-5-16-19(27)10-18-15(20(12)16)6-7-26(18)22(28)17-9-13-8-14(23-2)11-24-21(13)25-17/h3-5,8-11,23,27H,6-7H2,1-2H3,(H,24,25). The molecule has 0 saturated carbocycles. The van der Waals surface area contributed by atoms with Crippen LogP contribution < -0.4 is 10.2 Å². The van der Waals surface area contributed by atoms with Crippen molar-refractivity contribution in [2.24, 2.45) is 0 Å². The molecule has 4 aromatic rings. The zero-order valence-corrected chi connectivity index (χ0v) is 15.7. The van der Waals surface area contributed by atoms with Crippen LogP contribution in [0.25, 0.3) is 21.8 Å². The number of nitrogens with one attached hydrogen (secondary N) is 2. The molecule has 0 saturated heterocycles. The van der Waals surface area contributed by atoms with E-state index in [9.17, 15) is 9.90 Å². The van der Waals surface area contributed by atoms with Crippen LogP contribution in [-0.4, -0.2) is 34.6 Å². The fourth-order valence-corrected chi connectivity index (χ4v) is 4.17. The second-order valence-corrected chi connectivity index (χ2v) is 7.19. The number of carbonyl (C=O) groups is 1. The van der Waals surface area contributed by atoms with Crippen LogP contribution in [0.15, 0.2) is 42.6 Å². The topological polar surface area (TPSA) is 81.2 Å². The van der Waals surface area contributed by atoms with Gasteiger partial charge in [0.05, 0.1) is 17.6 Å². The van der Waals surface area contributed by atoms with E-state index in [1.807, 2.05) is 44.3 Å². The van der Waals surface area contributed by atoms with E-state index in [0.717, 1.165) is 45.1 Å². The lowest BCUT2D eigenvalue weighted by Crippen LogP contribution is -2.29. The molecule has 140 valence electrons. The highest BCUT2D eigenvalue weighted by molar-refractivity contribution is 6.11. The second kappa shape index (κ2) is 5.99. The van der Waals surface area contributed by atoms with E-state index in [4.69, 9.17) is 0 Å². The molecule has 6 nitrogen and oxygen atoms in total. The summed E-state index contributed by atoms with van der Waals surface area (Å²) in [7, 11) is 1.83. The molecular weight excluding hydrogens is 352 g/mol. The summed E-state index contributed by atoms with van der Waals surface area (Å²) in [4.78, 5) is 22.5. The molecule has 0 aliphatic carbocycles. The minimum Gasteiger partial charge on any atom is -0.507 e. The van der Waals surface area contributed by atoms with E-state index < -0.39 is 0 Å². The Morgan fingerprint density at radius 2 is 2.14 bits per heavy atom. The van der Waals surface area contributed by atoms with Crippen molar-refractivity contribution >= 4 is 39.1 Å². The van der Waals surface area contributed by atoms with Crippen molar-refractivity contribution in [2.75, 3.05) is 23.8 Å². The van der Waals surface area contributed by atoms with Gasteiger partial charge in [-0.3, -0.25) is 4.79 Å². The number of aromatic amines is 1. The van der Waals surface area contributed by atoms with E-state index in [-0.39, 0.29) is 11.7 Å². The van der Waals surface area contributed by atoms with E-state index in [1.54, 1.807) is 17.2 Å². The van der Waals surface area contributed by atoms with Crippen LogP contribution in [0.3, 0.4) is 0 Å². The highest BCUT2D eigenvalue weighted by Gasteiger charge is 2.29. The van der Waals surface area contributed by atoms with Gasteiger partial charge in [-0.2, -0.15) is 0 Å². The maximum Gasteiger partial charge on any atom is 0.274 e. The molecule has 0 spiro atoms. The first-order valence-corrected chi connectivity index (χ1v) is 9.29. The second-order valence-electron chi connectivity index (χ2n) is 7.19. The highest BCUT2D eigenvalue weighted by Crippen LogP contribution is 2.41. The summed E-state index contributed by atoms with van der Waals surface area (Å²) in [6.45, 7) is 2.63. The summed E-state index contributed by atoms with van der Waals surface area (Å²) in [5.74, 6) is 0.0872. The summed E-state index contributed by atoms with van der Waals surface area (Å²) in [6.07, 6.45) is 2.50. The van der Waals surface area contributed by atoms with Gasteiger partial charge in [0.25, 0.3) is 5.91 Å². The van der Waals surface area contributed by atoms with Crippen molar-refractivity contribution in [3.05, 3.63) is 59.4 Å². The van der Waals surface area contributed by atoms with Crippen molar-refractivity contribution in [2.45, 2.75) is 13.3 Å². The predicted molar refractivity (Wildman–Crippen MR) is 111 cm³/mol. The number of anilines is 2. The Kier molecular flexibility index (Phi) is 3.55. The third-order valence-corrected chi connectivity index (χ3v) is 5.54. The first-order valence-electron chi connectivity index (χ1n) is 9.29. The van der Waals surface area contributed by atoms with Gasteiger partial charge in [0.1, 0.15) is 17.1 Å². The van der Waals surface area contributed by atoms with Gasteiger partial charge in [-0.05, 0) is 42.0 Å². The van der Waals surface area contributed by atoms with E-state index >= 15 is 0 Å². The molecule has 0 unspecified atom stereocenters. The molecule has 5 rings (SSSR count). The van der Waals surface area contributed by atoms with E-state index in [2.05, 4.69) is 15.3 Å². The Balaban J connectivity index is 1.60. The van der Waals surface area contributed by atoms with E-state index in [0.29, 0.717) is 17.9 Å². The third kappa shape index (κ3) is 2.34. The van der Waals surface area contributed by atoms with Crippen LogP contribution >= 0.6 is 0 Å². The van der Waals surface area contributed by atoms with Gasteiger partial charge in [-0.1, -0.05) is 18.2 Å². The average molecular weight is 372 g/mol. The van der Waals surface area contributed by atoms with Gasteiger partial charge in [-0.25, -0.2) is 4.98 Å². The molecule has 1 amide bonds. The molecule has 0 fully saturated rings. The van der Waals surface area contributed by atoms with Crippen LogP contribution in [0.1, 0.15) is 21.6 Å². The van der Waals surface area contributed by atoms with Crippen LogP contribution in [0, 0.1) is 6.92 Å². The van der Waals surface area contributed by atoms with Crippen LogP contribution in [0.4, 0.5) is 11.4 Å². The number of carbonyl (C=O) groups excluding carboxylic acids is 1. The number of rotatable bonds is 2. The number of benzene rings is 2. The molecule has 3 heterocycles. The number of aromatic nitrogens is 2. The molecule has 2 aromatic heterocycles. The Morgan fingerprint density at radius 3 is 2.96 bits per heavy atom. The Labute approximate surface area is 161 Å². The number of pyridine rings is 1. The lowest BCUT2D eigenvalue weighted by Gasteiger charge is -2.18. The molecule has 1 aliphatic heterocycles. The summed E-state index contributed by atoms with van der Waals surface area (Å²) < 4.78 is 0. The monoisotopic (exact) mass is 372 g/mol. The number of phenolic OH excluding ortho intramolecular Hbond substituents is 1. The molecular formula is C22H20N4O2. The van der Waals surface area contributed by atoms with Gasteiger partial charge in [0.15, 0.2) is 0 Å². The van der Waals surface area contributed by atoms with Crippen molar-refractivity contribution in [1.82, 2.24) is 9.97 Å². The SMILES string of the molecule is CNc1cnc2[nH]c(C(=O)N3CCc4c3cc(O)c3cccc(C)c43)cc2c1. The lowest BCUT2D eigenvalue weighted by molar-refractivity contribution is 0.0985. The van der Waals surface area contributed by atoms with Crippen LogP contribution in [0.2, 0.25) is 0 Å². The van der Waals surface area contributed by atoms with Gasteiger partial charge in [0, 0.05) is 30.4 Å². The smallest absolute Gasteiger partial charge is 0.274 e. The number of phenols is 1. The van der Waals surface area contributed by atoms with Gasteiger partial charge < -0.3 is 20.3 Å². The predicted octanol–water partition coefficient (Wildman–Crippen LogP) is 3.97. The third-order valence-electron chi connectivity index (χ3n) is 5.54. The number of hydrogen-bond donors (Lipinski definition) is 3. The Bertz CT molecular complexity index is 1260. The maximum atomic E-state index is 13.2. The molecule has 2 aromatic carbocycles. The molecule has 1 aliphatic rings. The number of amides is 1. The Morgan fingerprint density at radius 1 is 1.29 bits per heavy atom. The summed E-state index contributed by atoms with van der Waals surface area (Å²) in [5, 5.41) is 16.4. The van der Waals surface area contributed by atoms with E-state index in [1.165, 1.54) is 0 Å². The summed E-state index contributed by atoms with van der Waals surface area (Å²) >= 11 is 0. The fraction of sp³-hybridized carbons (Fsp3) is 0.182. The number of fused-ring (bicyclic) bond motifs is 4. The number of aryl methyl sites for hydroxylation is 1. The van der Waals surface area contributed by atoms with Gasteiger partial charge in [0.2, 0.25) is 0 Å². The lowest BCUT2D eigenvalue weighted by atomic mass is 9.97. The molecule has 0 atom stereocenters. The molecule has 28 heavy (non-hydrogen) atoms. The maximum absolute atomic E-state index is 13.2. The largest absolute Gasteiger partial charge is 0.507 e. The molecule has 3 N–H and O–H groups in total. The number of H-pyrrole nitrogens is 1. The van der Waals surface area contributed by atoms with Crippen LogP contribution in [0.5, 0.6) is 5.75 Å². The van der Waals surface area contributed by atoms with Gasteiger partial charge in [-0.15, -0.1) is 0 Å². The number of nitrogens with zero attached hydrogens (tertiary/aromatic N) is 2. The zero-order valence-electron chi connectivity index (χ0n) is 15.7. The first-order chi connectivity index (χ1) is 13.6. The van der Waals surface area contributed by atoms with Gasteiger partial charge >= 0.3 is 0 Å². The first kappa shape index (κ1) is 16.6. The zero-order chi connectivity index (χ0) is 19.4. The Hall–Kier alpha value is -3.54. The minimum atomic E-state index is -0.116. The van der Waals surface area contributed by atoms with Crippen molar-refractivity contribution in [3.63, 3.8) is 0 Å². The summed E-state index contributed by atoms with van der Waals surface area (Å²) in [6, 6.07) is 11.4. The van der Waals surface area contributed by atoms with Crippen molar-refractivity contribution < 1.29 is 9.90 Å². The average Bonchev–Trinajstić information content (AvgIpc) is 3.31. The number of hydrogen-bond acceptors (Lipinski definition) is 4. The minimum absolute atomic E-state index is 0.116. The fourth-order valence-electron chi connectivity index (χ4n) is 4.17. The molecule has 0 bridgehead atoms. The summed E-state index contributed by atoms with van der Waals surface area (Å²) in [5.41, 5.74) is 5.07. The normalized spacial score (nSPS) is 13.3.